The Bertz CT molecular complexity index is 732. The fraction of sp³-hybridized carbons (Fsp3) is 0.591. The van der Waals surface area contributed by atoms with Gasteiger partial charge in [0.05, 0.1) is 24.7 Å². The van der Waals surface area contributed by atoms with Crippen molar-refractivity contribution in [2.45, 2.75) is 45.8 Å². The van der Waals surface area contributed by atoms with E-state index in [0.717, 1.165) is 58.9 Å². The fourth-order valence-corrected chi connectivity index (χ4v) is 4.42. The molecule has 0 aliphatic carbocycles. The highest BCUT2D eigenvalue weighted by molar-refractivity contribution is 5.28. The molecule has 0 bridgehead atoms. The van der Waals surface area contributed by atoms with Gasteiger partial charge in [-0.1, -0.05) is 29.3 Å². The van der Waals surface area contributed by atoms with Gasteiger partial charge in [0.15, 0.2) is 0 Å². The first-order chi connectivity index (χ1) is 13.2. The Labute approximate surface area is 162 Å². The lowest BCUT2D eigenvalue weighted by Crippen LogP contribution is -2.38. The van der Waals surface area contributed by atoms with Gasteiger partial charge in [0.2, 0.25) is 0 Å². The van der Waals surface area contributed by atoms with Crippen molar-refractivity contribution in [2.24, 2.45) is 5.92 Å². The lowest BCUT2D eigenvalue weighted by molar-refractivity contribution is 0.00518. The molecule has 2 aromatic rings. The molecule has 0 saturated carbocycles. The third kappa shape index (κ3) is 4.78. The standard InChI is InChI=1S/C22H31N3O2/c1-17-7-18(2)9-20(8-17)11-24-12-21-10-23-16-25(21)22(13-24)15-27-14-19-3-5-26-6-4-19/h7-10,16,19,22H,3-6,11-15H2,1-2H3/t22-/m1/s1. The van der Waals surface area contributed by atoms with Crippen LogP contribution in [0.2, 0.25) is 0 Å². The summed E-state index contributed by atoms with van der Waals surface area (Å²) in [6.07, 6.45) is 6.21. The third-order valence-corrected chi connectivity index (χ3v) is 5.69. The minimum Gasteiger partial charge on any atom is -0.381 e. The molecular weight excluding hydrogens is 338 g/mol. The molecule has 146 valence electrons. The van der Waals surface area contributed by atoms with E-state index >= 15 is 0 Å². The number of fused-ring (bicyclic) bond motifs is 1. The SMILES string of the molecule is Cc1cc(C)cc(CN2Cc3cncn3[C@@H](COCC3CCOCC3)C2)c1. The van der Waals surface area contributed by atoms with E-state index in [1.807, 2.05) is 12.5 Å². The largest absolute Gasteiger partial charge is 0.381 e. The molecular formula is C22H31N3O2. The first-order valence-corrected chi connectivity index (χ1v) is 10.1. The summed E-state index contributed by atoms with van der Waals surface area (Å²) in [5.41, 5.74) is 5.35. The summed E-state index contributed by atoms with van der Waals surface area (Å²) in [5.74, 6) is 0.649. The molecule has 0 radical (unpaired) electrons. The van der Waals surface area contributed by atoms with Crippen LogP contribution in [0.4, 0.5) is 0 Å². The maximum Gasteiger partial charge on any atom is 0.0952 e. The minimum absolute atomic E-state index is 0.335. The van der Waals surface area contributed by atoms with E-state index in [1.165, 1.54) is 22.4 Å². The van der Waals surface area contributed by atoms with Gasteiger partial charge >= 0.3 is 0 Å². The van der Waals surface area contributed by atoms with Crippen molar-refractivity contribution in [3.63, 3.8) is 0 Å². The predicted octanol–water partition coefficient (Wildman–Crippen LogP) is 3.50. The summed E-state index contributed by atoms with van der Waals surface area (Å²) < 4.78 is 13.9. The maximum absolute atomic E-state index is 6.14. The lowest BCUT2D eigenvalue weighted by atomic mass is 10.0. The van der Waals surface area contributed by atoms with Crippen LogP contribution in [0.25, 0.3) is 0 Å². The highest BCUT2D eigenvalue weighted by atomic mass is 16.5. The normalized spacial score (nSPS) is 21.3. The van der Waals surface area contributed by atoms with E-state index in [0.29, 0.717) is 12.0 Å². The molecule has 2 aliphatic heterocycles. The molecule has 4 rings (SSSR count). The molecule has 0 N–H and O–H groups in total. The maximum atomic E-state index is 6.14. The smallest absolute Gasteiger partial charge is 0.0952 e. The van der Waals surface area contributed by atoms with Crippen LogP contribution in [0.3, 0.4) is 0 Å². The van der Waals surface area contributed by atoms with Crippen LogP contribution < -0.4 is 0 Å². The molecule has 5 heteroatoms. The van der Waals surface area contributed by atoms with Gasteiger partial charge in [-0.25, -0.2) is 4.98 Å². The Morgan fingerprint density at radius 3 is 2.67 bits per heavy atom. The number of imidazole rings is 1. The van der Waals surface area contributed by atoms with Crippen molar-refractivity contribution in [1.29, 1.82) is 0 Å². The zero-order chi connectivity index (χ0) is 18.6. The zero-order valence-corrected chi connectivity index (χ0v) is 16.6. The van der Waals surface area contributed by atoms with Gasteiger partial charge in [0, 0.05) is 45.7 Å². The second kappa shape index (κ2) is 8.55. The summed E-state index contributed by atoms with van der Waals surface area (Å²) in [6.45, 7) is 10.6. The van der Waals surface area contributed by atoms with Gasteiger partial charge in [-0.3, -0.25) is 4.90 Å². The summed E-state index contributed by atoms with van der Waals surface area (Å²) in [6, 6.07) is 7.18. The van der Waals surface area contributed by atoms with Crippen molar-refractivity contribution >= 4 is 0 Å². The molecule has 5 nitrogen and oxygen atoms in total. The van der Waals surface area contributed by atoms with Crippen LogP contribution in [0.5, 0.6) is 0 Å². The molecule has 1 aromatic heterocycles. The molecule has 1 atom stereocenters. The van der Waals surface area contributed by atoms with Crippen LogP contribution in [0, 0.1) is 19.8 Å². The number of nitrogens with zero attached hydrogens (tertiary/aromatic N) is 3. The molecule has 1 aromatic carbocycles. The van der Waals surface area contributed by atoms with E-state index in [4.69, 9.17) is 9.47 Å². The topological polar surface area (TPSA) is 39.5 Å². The average molecular weight is 370 g/mol. The summed E-state index contributed by atoms with van der Waals surface area (Å²) >= 11 is 0. The first kappa shape index (κ1) is 18.7. The number of ether oxygens (including phenoxy) is 2. The van der Waals surface area contributed by atoms with Crippen molar-refractivity contribution < 1.29 is 9.47 Å². The summed E-state index contributed by atoms with van der Waals surface area (Å²) in [4.78, 5) is 6.91. The molecule has 3 heterocycles. The minimum atomic E-state index is 0.335. The Morgan fingerprint density at radius 2 is 1.89 bits per heavy atom. The van der Waals surface area contributed by atoms with Crippen LogP contribution in [0.1, 0.15) is 41.3 Å². The van der Waals surface area contributed by atoms with E-state index in [2.05, 4.69) is 46.5 Å². The first-order valence-electron chi connectivity index (χ1n) is 10.1. The number of aromatic nitrogens is 2. The number of aryl methyl sites for hydroxylation is 2. The Hall–Kier alpha value is -1.69. The quantitative estimate of drug-likeness (QED) is 0.781. The molecule has 1 saturated heterocycles. The number of rotatable bonds is 6. The Balaban J connectivity index is 1.38. The van der Waals surface area contributed by atoms with E-state index in [9.17, 15) is 0 Å². The van der Waals surface area contributed by atoms with Gasteiger partial charge in [0.1, 0.15) is 0 Å². The van der Waals surface area contributed by atoms with Gasteiger partial charge in [-0.15, -0.1) is 0 Å². The van der Waals surface area contributed by atoms with Crippen molar-refractivity contribution in [3.8, 4) is 0 Å². The van der Waals surface area contributed by atoms with Crippen LogP contribution in [-0.2, 0) is 22.6 Å². The predicted molar refractivity (Wildman–Crippen MR) is 106 cm³/mol. The molecule has 2 aliphatic rings. The van der Waals surface area contributed by atoms with Crippen LogP contribution in [-0.4, -0.2) is 47.4 Å². The van der Waals surface area contributed by atoms with Crippen molar-refractivity contribution in [3.05, 3.63) is 53.1 Å². The molecule has 0 unspecified atom stereocenters. The zero-order valence-electron chi connectivity index (χ0n) is 16.6. The van der Waals surface area contributed by atoms with E-state index in [-0.39, 0.29) is 0 Å². The highest BCUT2D eigenvalue weighted by Crippen LogP contribution is 2.24. The van der Waals surface area contributed by atoms with E-state index < -0.39 is 0 Å². The third-order valence-electron chi connectivity index (χ3n) is 5.69. The summed E-state index contributed by atoms with van der Waals surface area (Å²) in [5, 5.41) is 0. The van der Waals surface area contributed by atoms with Crippen molar-refractivity contribution in [2.75, 3.05) is 33.0 Å². The van der Waals surface area contributed by atoms with E-state index in [1.54, 1.807) is 0 Å². The number of hydrogen-bond donors (Lipinski definition) is 0. The highest BCUT2D eigenvalue weighted by Gasteiger charge is 2.25. The monoisotopic (exact) mass is 369 g/mol. The Morgan fingerprint density at radius 1 is 1.11 bits per heavy atom. The van der Waals surface area contributed by atoms with Gasteiger partial charge in [0.25, 0.3) is 0 Å². The van der Waals surface area contributed by atoms with Crippen LogP contribution in [0.15, 0.2) is 30.7 Å². The van der Waals surface area contributed by atoms with Gasteiger partial charge in [-0.2, -0.15) is 0 Å². The average Bonchev–Trinajstić information content (AvgIpc) is 3.10. The van der Waals surface area contributed by atoms with Crippen LogP contribution >= 0.6 is 0 Å². The molecule has 1 fully saturated rings. The van der Waals surface area contributed by atoms with Gasteiger partial charge < -0.3 is 14.0 Å². The molecule has 0 spiro atoms. The second-order valence-electron chi connectivity index (χ2n) is 8.20. The van der Waals surface area contributed by atoms with Gasteiger partial charge in [-0.05, 0) is 38.2 Å². The Kier molecular flexibility index (Phi) is 5.91. The fourth-order valence-electron chi connectivity index (χ4n) is 4.42. The second-order valence-corrected chi connectivity index (χ2v) is 8.20. The lowest BCUT2D eigenvalue weighted by Gasteiger charge is -2.35. The summed E-state index contributed by atoms with van der Waals surface area (Å²) in [7, 11) is 0. The molecule has 0 amide bonds. The number of benzene rings is 1. The number of hydrogen-bond acceptors (Lipinski definition) is 4. The van der Waals surface area contributed by atoms with Crippen molar-refractivity contribution in [1.82, 2.24) is 14.5 Å². The molecule has 27 heavy (non-hydrogen) atoms.